The van der Waals surface area contributed by atoms with Gasteiger partial charge in [-0.3, -0.25) is 14.7 Å². The van der Waals surface area contributed by atoms with Crippen LogP contribution < -0.4 is 10.6 Å². The molecule has 170 valence electrons. The molecule has 3 N–H and O–H groups in total. The maximum atomic E-state index is 12.8. The number of carbonyl (C=O) groups excluding carboxylic acids is 1. The third kappa shape index (κ3) is 5.96. The van der Waals surface area contributed by atoms with Crippen LogP contribution in [0, 0.1) is 5.92 Å². The lowest BCUT2D eigenvalue weighted by Crippen LogP contribution is -2.48. The lowest BCUT2D eigenvalue weighted by Gasteiger charge is -2.31. The second-order valence-electron chi connectivity index (χ2n) is 9.33. The molecular weight excluding hydrogens is 392 g/mol. The standard InChI is InChI=1S/C23H36N6O2/c1-27-9-8-20(15-27)25-22-11-19(13-28(2)26-22)23(31)24-12-21(30)16-29-10-7-17-5-3-4-6-18(17)14-29/h3-6,19-21,30H,7-16H2,1-2H3,(H,24,31)(H,25,26)/t19?,20?,21-/m0/s1. The number of β-amino-alcohol motifs (C(OH)–C–C–N with tert-alkyl or cyclic N) is 1. The molecule has 3 aliphatic heterocycles. The third-order valence-corrected chi connectivity index (χ3v) is 6.54. The summed E-state index contributed by atoms with van der Waals surface area (Å²) in [6, 6.07) is 8.89. The maximum absolute atomic E-state index is 12.8. The highest BCUT2D eigenvalue weighted by Gasteiger charge is 2.29. The number of hydrogen-bond acceptors (Lipinski definition) is 7. The average Bonchev–Trinajstić information content (AvgIpc) is 3.16. The number of nitrogens with zero attached hydrogens (tertiary/aromatic N) is 4. The predicted molar refractivity (Wildman–Crippen MR) is 122 cm³/mol. The van der Waals surface area contributed by atoms with Crippen molar-refractivity contribution < 1.29 is 9.90 Å². The fourth-order valence-electron chi connectivity index (χ4n) is 4.89. The topological polar surface area (TPSA) is 83.4 Å². The molecule has 8 heteroatoms. The quantitative estimate of drug-likeness (QED) is 0.595. The van der Waals surface area contributed by atoms with Gasteiger partial charge in [0, 0.05) is 58.8 Å². The van der Waals surface area contributed by atoms with E-state index in [1.807, 2.05) is 12.1 Å². The number of aliphatic hydroxyl groups excluding tert-OH is 1. The Hall–Kier alpha value is -2.16. The molecule has 1 fully saturated rings. The van der Waals surface area contributed by atoms with E-state index in [0.29, 0.717) is 25.6 Å². The molecule has 0 bridgehead atoms. The molecule has 1 saturated heterocycles. The summed E-state index contributed by atoms with van der Waals surface area (Å²) < 4.78 is 0. The fourth-order valence-corrected chi connectivity index (χ4v) is 4.89. The average molecular weight is 429 g/mol. The Labute approximate surface area is 185 Å². The summed E-state index contributed by atoms with van der Waals surface area (Å²) in [5.74, 6) is 0.729. The molecule has 0 spiro atoms. The Balaban J connectivity index is 1.21. The number of benzene rings is 1. The minimum Gasteiger partial charge on any atom is -0.390 e. The molecule has 0 radical (unpaired) electrons. The molecule has 3 heterocycles. The maximum Gasteiger partial charge on any atom is 0.225 e. The number of amidine groups is 1. The van der Waals surface area contributed by atoms with E-state index in [2.05, 4.69) is 56.8 Å². The first-order valence-electron chi connectivity index (χ1n) is 11.4. The number of hydrogen-bond donors (Lipinski definition) is 3. The van der Waals surface area contributed by atoms with E-state index in [1.54, 1.807) is 0 Å². The SMILES string of the molecule is CN1CCC(NC2=NN(C)CC(C(=O)NC[C@H](O)CN3CCc4ccccc4C3)C2)C1. The lowest BCUT2D eigenvalue weighted by molar-refractivity contribution is -0.126. The molecule has 3 aliphatic rings. The van der Waals surface area contributed by atoms with Crippen molar-refractivity contribution >= 4 is 11.7 Å². The number of carbonyl (C=O) groups is 1. The highest BCUT2D eigenvalue weighted by molar-refractivity contribution is 5.89. The second kappa shape index (κ2) is 9.97. The van der Waals surface area contributed by atoms with E-state index in [1.165, 1.54) is 11.1 Å². The molecule has 3 atom stereocenters. The summed E-state index contributed by atoms with van der Waals surface area (Å²) in [4.78, 5) is 17.4. The summed E-state index contributed by atoms with van der Waals surface area (Å²) in [7, 11) is 4.03. The Morgan fingerprint density at radius 2 is 2.03 bits per heavy atom. The molecule has 0 aliphatic carbocycles. The fraction of sp³-hybridized carbons (Fsp3) is 0.652. The largest absolute Gasteiger partial charge is 0.390 e. The molecule has 0 aromatic heterocycles. The van der Waals surface area contributed by atoms with E-state index in [-0.39, 0.29) is 18.4 Å². The van der Waals surface area contributed by atoms with E-state index in [4.69, 9.17) is 0 Å². The van der Waals surface area contributed by atoms with Crippen molar-refractivity contribution in [3.63, 3.8) is 0 Å². The molecule has 0 saturated carbocycles. The zero-order chi connectivity index (χ0) is 21.8. The normalized spacial score (nSPS) is 25.6. The van der Waals surface area contributed by atoms with Crippen LogP contribution in [0.3, 0.4) is 0 Å². The second-order valence-corrected chi connectivity index (χ2v) is 9.33. The Kier molecular flexibility index (Phi) is 7.09. The van der Waals surface area contributed by atoms with E-state index in [0.717, 1.165) is 44.9 Å². The van der Waals surface area contributed by atoms with Crippen LogP contribution in [-0.2, 0) is 17.8 Å². The van der Waals surface area contributed by atoms with Crippen LogP contribution >= 0.6 is 0 Å². The van der Waals surface area contributed by atoms with Gasteiger partial charge in [-0.25, -0.2) is 0 Å². The van der Waals surface area contributed by atoms with Crippen molar-refractivity contribution in [3.05, 3.63) is 35.4 Å². The molecule has 2 unspecified atom stereocenters. The van der Waals surface area contributed by atoms with Crippen molar-refractivity contribution in [2.45, 2.75) is 38.0 Å². The van der Waals surface area contributed by atoms with Crippen molar-refractivity contribution in [1.82, 2.24) is 25.4 Å². The van der Waals surface area contributed by atoms with Crippen molar-refractivity contribution in [1.29, 1.82) is 0 Å². The number of fused-ring (bicyclic) bond motifs is 1. The van der Waals surface area contributed by atoms with Gasteiger partial charge in [-0.1, -0.05) is 24.3 Å². The van der Waals surface area contributed by atoms with Crippen LogP contribution in [-0.4, -0.2) is 97.2 Å². The van der Waals surface area contributed by atoms with E-state index < -0.39 is 6.10 Å². The van der Waals surface area contributed by atoms with Gasteiger partial charge in [0.2, 0.25) is 5.91 Å². The summed E-state index contributed by atoms with van der Waals surface area (Å²) >= 11 is 0. The Bertz CT molecular complexity index is 800. The number of likely N-dealkylation sites (tertiary alicyclic amines) is 1. The molecular formula is C23H36N6O2. The predicted octanol–water partition coefficient (Wildman–Crippen LogP) is 0.0807. The zero-order valence-corrected chi connectivity index (χ0v) is 18.8. The summed E-state index contributed by atoms with van der Waals surface area (Å²) in [5, 5.41) is 23.4. The van der Waals surface area contributed by atoms with E-state index >= 15 is 0 Å². The first-order valence-corrected chi connectivity index (χ1v) is 11.4. The molecule has 1 amide bonds. The number of rotatable bonds is 6. The molecule has 1 aromatic carbocycles. The minimum absolute atomic E-state index is 0.00682. The highest BCUT2D eigenvalue weighted by atomic mass is 16.3. The number of aliphatic hydroxyl groups is 1. The third-order valence-electron chi connectivity index (χ3n) is 6.54. The first kappa shape index (κ1) is 22.0. The van der Waals surface area contributed by atoms with Gasteiger partial charge in [-0.15, -0.1) is 0 Å². The molecule has 8 nitrogen and oxygen atoms in total. The van der Waals surface area contributed by atoms with Gasteiger partial charge in [-0.05, 0) is 37.6 Å². The van der Waals surface area contributed by atoms with Crippen molar-refractivity contribution in [2.24, 2.45) is 11.0 Å². The van der Waals surface area contributed by atoms with Crippen LogP contribution in [0.2, 0.25) is 0 Å². The van der Waals surface area contributed by atoms with Gasteiger partial charge >= 0.3 is 0 Å². The zero-order valence-electron chi connectivity index (χ0n) is 18.8. The van der Waals surface area contributed by atoms with Crippen LogP contribution in [0.1, 0.15) is 24.0 Å². The van der Waals surface area contributed by atoms with Crippen LogP contribution in [0.4, 0.5) is 0 Å². The van der Waals surface area contributed by atoms with Crippen LogP contribution in [0.25, 0.3) is 0 Å². The molecule has 31 heavy (non-hydrogen) atoms. The summed E-state index contributed by atoms with van der Waals surface area (Å²) in [6.45, 7) is 5.35. The number of hydrazone groups is 1. The Morgan fingerprint density at radius 3 is 2.81 bits per heavy atom. The monoisotopic (exact) mass is 428 g/mol. The van der Waals surface area contributed by atoms with Gasteiger partial charge < -0.3 is 20.6 Å². The minimum atomic E-state index is -0.573. The smallest absolute Gasteiger partial charge is 0.225 e. The number of likely N-dealkylation sites (N-methyl/N-ethyl adjacent to an activating group) is 1. The Morgan fingerprint density at radius 1 is 1.23 bits per heavy atom. The van der Waals surface area contributed by atoms with Gasteiger partial charge in [0.25, 0.3) is 0 Å². The van der Waals surface area contributed by atoms with E-state index in [9.17, 15) is 9.90 Å². The van der Waals surface area contributed by atoms with Crippen LogP contribution in [0.5, 0.6) is 0 Å². The van der Waals surface area contributed by atoms with Gasteiger partial charge in [0.15, 0.2) is 0 Å². The summed E-state index contributed by atoms with van der Waals surface area (Å²) in [5.41, 5.74) is 2.74. The first-order chi connectivity index (χ1) is 15.0. The van der Waals surface area contributed by atoms with Gasteiger partial charge in [0.1, 0.15) is 5.84 Å². The highest BCUT2D eigenvalue weighted by Crippen LogP contribution is 2.19. The van der Waals surface area contributed by atoms with Crippen molar-refractivity contribution in [2.75, 3.05) is 53.4 Å². The summed E-state index contributed by atoms with van der Waals surface area (Å²) in [6.07, 6.45) is 2.16. The van der Waals surface area contributed by atoms with Crippen molar-refractivity contribution in [3.8, 4) is 0 Å². The van der Waals surface area contributed by atoms with Gasteiger partial charge in [0.05, 0.1) is 12.0 Å². The number of amides is 1. The molecule has 1 aromatic rings. The molecule has 4 rings (SSSR count). The van der Waals surface area contributed by atoms with Gasteiger partial charge in [-0.2, -0.15) is 5.10 Å². The van der Waals surface area contributed by atoms with Crippen LogP contribution in [0.15, 0.2) is 29.4 Å². The number of nitrogens with one attached hydrogen (secondary N) is 2. The lowest BCUT2D eigenvalue weighted by atomic mass is 9.99.